The van der Waals surface area contributed by atoms with Gasteiger partial charge in [0.2, 0.25) is 17.4 Å². The summed E-state index contributed by atoms with van der Waals surface area (Å²) in [6.07, 6.45) is -0.591. The Labute approximate surface area is 279 Å². The first-order valence-corrected chi connectivity index (χ1v) is 17.7. The number of nitrogens with one attached hydrogen (secondary N) is 1. The van der Waals surface area contributed by atoms with Crippen LogP contribution in [0.5, 0.6) is 0 Å². The van der Waals surface area contributed by atoms with Gasteiger partial charge in [-0.3, -0.25) is 14.5 Å². The molecular weight excluding hydrogens is 659 g/mol. The number of thioether (sulfide) groups is 2. The summed E-state index contributed by atoms with van der Waals surface area (Å²) in [5.41, 5.74) is 6.81. The highest BCUT2D eigenvalue weighted by atomic mass is 32.2. The second-order valence-corrected chi connectivity index (χ2v) is 13.8. The summed E-state index contributed by atoms with van der Waals surface area (Å²) in [7, 11) is 3.89. The molecule has 2 aromatic heterocycles. The van der Waals surface area contributed by atoms with Gasteiger partial charge in [-0.05, 0) is 36.0 Å². The van der Waals surface area contributed by atoms with E-state index in [0.29, 0.717) is 33.9 Å². The minimum Gasteiger partial charge on any atom is -0.434 e. The molecule has 16 nitrogen and oxygen atoms in total. The van der Waals surface area contributed by atoms with Gasteiger partial charge in [0.15, 0.2) is 5.13 Å². The lowest BCUT2D eigenvalue weighted by Gasteiger charge is -2.49. The Morgan fingerprint density at radius 1 is 1.24 bits per heavy atom. The highest BCUT2D eigenvalue weighted by molar-refractivity contribution is 8.01. The van der Waals surface area contributed by atoms with E-state index < -0.39 is 41.6 Å². The Morgan fingerprint density at radius 3 is 2.67 bits per heavy atom. The number of nitrogens with two attached hydrogens (primary N) is 1. The molecule has 1 fully saturated rings. The zero-order valence-corrected chi connectivity index (χ0v) is 28.8. The second kappa shape index (κ2) is 16.4. The number of aromatic nitrogens is 5. The molecule has 4 rings (SSSR count). The van der Waals surface area contributed by atoms with E-state index in [1.54, 1.807) is 10.1 Å². The van der Waals surface area contributed by atoms with Gasteiger partial charge in [-0.2, -0.15) is 0 Å². The maximum absolute atomic E-state index is 13.6. The molecule has 0 saturated carbocycles. The van der Waals surface area contributed by atoms with Crippen molar-refractivity contribution in [3.63, 3.8) is 0 Å². The molecule has 2 amide bonds. The van der Waals surface area contributed by atoms with Gasteiger partial charge in [-0.25, -0.2) is 19.3 Å². The molecule has 3 N–H and O–H groups in total. The van der Waals surface area contributed by atoms with Crippen LogP contribution in [0.4, 0.5) is 9.93 Å². The number of fused-ring (bicyclic) bond motifs is 1. The fraction of sp³-hybridized carbons (Fsp3) is 0.630. The third-order valence-electron chi connectivity index (χ3n) is 7.23. The monoisotopic (exact) mass is 697 g/mol. The van der Waals surface area contributed by atoms with Crippen LogP contribution in [-0.2, 0) is 41.6 Å². The zero-order valence-electron chi connectivity index (χ0n) is 26.3. The van der Waals surface area contributed by atoms with Gasteiger partial charge >= 0.3 is 12.1 Å². The number of carbonyl (C=O) groups is 4. The topological polar surface area (TPSA) is 197 Å². The van der Waals surface area contributed by atoms with Gasteiger partial charge in [-0.15, -0.1) is 28.2 Å². The molecule has 1 saturated heterocycles. The Morgan fingerprint density at radius 2 is 2.00 bits per heavy atom. The van der Waals surface area contributed by atoms with Gasteiger partial charge in [0.25, 0.3) is 5.91 Å². The number of nitrogen functional groups attached to an aromatic ring is 1. The summed E-state index contributed by atoms with van der Waals surface area (Å²) in [5.74, 6) is -0.854. The van der Waals surface area contributed by atoms with Crippen LogP contribution < -0.4 is 11.1 Å². The van der Waals surface area contributed by atoms with Gasteiger partial charge in [-0.1, -0.05) is 38.5 Å². The average Bonchev–Trinajstić information content (AvgIpc) is 3.65. The van der Waals surface area contributed by atoms with Crippen molar-refractivity contribution in [2.75, 3.05) is 44.5 Å². The standard InChI is InChI=1S/C27H39N9O7S3/c1-6-16(7-2)11-41-27(40)43-15(3)42-24(39)21-17(13-46-26-31-32-33-35(26)9-8-34(4)5)12-44-23-20(22(38)36(21)23)30-19(37)10-18-14-45-25(28)29-18/h14-16,20,23H,6-13H2,1-5H3,(H2,28,29)(H,30,37)/t15?,20-,23-/m1/s1. The quantitative estimate of drug-likeness (QED) is 0.111. The van der Waals surface area contributed by atoms with E-state index >= 15 is 0 Å². The van der Waals surface area contributed by atoms with Crippen molar-refractivity contribution in [3.8, 4) is 0 Å². The van der Waals surface area contributed by atoms with Crippen molar-refractivity contribution in [2.45, 2.75) is 69.4 Å². The third-order valence-corrected chi connectivity index (χ3v) is 10.3. The molecule has 2 aromatic rings. The fourth-order valence-corrected chi connectivity index (χ4v) is 7.52. The van der Waals surface area contributed by atoms with Crippen molar-refractivity contribution in [2.24, 2.45) is 5.92 Å². The highest BCUT2D eigenvalue weighted by Gasteiger charge is 2.54. The first-order chi connectivity index (χ1) is 22.0. The summed E-state index contributed by atoms with van der Waals surface area (Å²) in [4.78, 5) is 59.4. The van der Waals surface area contributed by atoms with Gasteiger partial charge < -0.3 is 30.2 Å². The smallest absolute Gasteiger partial charge is 0.434 e. The number of likely N-dealkylation sites (N-methyl/N-ethyl adjacent to an activating group) is 1. The van der Waals surface area contributed by atoms with Crippen LogP contribution in [0.1, 0.15) is 39.3 Å². The zero-order chi connectivity index (χ0) is 33.4. The van der Waals surface area contributed by atoms with Crippen LogP contribution in [0, 0.1) is 5.92 Å². The van der Waals surface area contributed by atoms with Crippen molar-refractivity contribution >= 4 is 63.9 Å². The lowest BCUT2D eigenvalue weighted by atomic mass is 10.0. The first-order valence-electron chi connectivity index (χ1n) is 14.7. The predicted molar refractivity (Wildman–Crippen MR) is 171 cm³/mol. The van der Waals surface area contributed by atoms with Crippen LogP contribution in [0.15, 0.2) is 21.8 Å². The number of ether oxygens (including phenoxy) is 3. The fourth-order valence-electron chi connectivity index (χ4n) is 4.57. The van der Waals surface area contributed by atoms with Crippen molar-refractivity contribution in [1.29, 1.82) is 0 Å². The van der Waals surface area contributed by atoms with E-state index in [1.165, 1.54) is 46.7 Å². The van der Waals surface area contributed by atoms with Crippen molar-refractivity contribution in [3.05, 3.63) is 22.3 Å². The Kier molecular flexibility index (Phi) is 12.6. The minimum atomic E-state index is -1.29. The third kappa shape index (κ3) is 9.10. The van der Waals surface area contributed by atoms with Crippen LogP contribution in [0.25, 0.3) is 0 Å². The largest absolute Gasteiger partial charge is 0.511 e. The number of esters is 1. The van der Waals surface area contributed by atoms with E-state index in [0.717, 1.165) is 19.4 Å². The van der Waals surface area contributed by atoms with Crippen LogP contribution >= 0.6 is 34.9 Å². The van der Waals surface area contributed by atoms with Crippen molar-refractivity contribution in [1.82, 2.24) is 40.3 Å². The predicted octanol–water partition coefficient (Wildman–Crippen LogP) is 1.74. The summed E-state index contributed by atoms with van der Waals surface area (Å²) in [5, 5.41) is 16.7. The number of amides is 2. The lowest BCUT2D eigenvalue weighted by Crippen LogP contribution is -2.70. The van der Waals surface area contributed by atoms with E-state index in [2.05, 4.69) is 25.8 Å². The number of rotatable bonds is 16. The van der Waals surface area contributed by atoms with E-state index in [-0.39, 0.29) is 30.4 Å². The van der Waals surface area contributed by atoms with Crippen LogP contribution in [0.3, 0.4) is 0 Å². The van der Waals surface area contributed by atoms with E-state index in [9.17, 15) is 19.2 Å². The Hall–Kier alpha value is -3.42. The number of tetrazole rings is 1. The number of β-lactam (4-membered cyclic amide) rings is 1. The number of hydrogen-bond acceptors (Lipinski definition) is 16. The number of nitrogens with zero attached hydrogens (tertiary/aromatic N) is 7. The Balaban J connectivity index is 1.47. The van der Waals surface area contributed by atoms with E-state index in [4.69, 9.17) is 19.9 Å². The average molecular weight is 698 g/mol. The molecule has 4 heterocycles. The molecule has 0 aromatic carbocycles. The molecule has 3 atom stereocenters. The summed E-state index contributed by atoms with van der Waals surface area (Å²) >= 11 is 3.95. The summed E-state index contributed by atoms with van der Waals surface area (Å²) in [6, 6.07) is -0.849. The maximum Gasteiger partial charge on any atom is 0.511 e. The molecule has 2 aliphatic heterocycles. The molecule has 0 bridgehead atoms. The normalized spacial score (nSPS) is 18.3. The summed E-state index contributed by atoms with van der Waals surface area (Å²) in [6.45, 7) is 6.87. The lowest BCUT2D eigenvalue weighted by molar-refractivity contribution is -0.169. The van der Waals surface area contributed by atoms with Gasteiger partial charge in [0, 0.05) is 30.4 Å². The Bertz CT molecular complexity index is 1430. The molecular formula is C27H39N9O7S3. The molecule has 19 heteroatoms. The van der Waals surface area contributed by atoms with Crippen LogP contribution in [-0.4, -0.2) is 115 Å². The molecule has 46 heavy (non-hydrogen) atoms. The summed E-state index contributed by atoms with van der Waals surface area (Å²) < 4.78 is 17.5. The molecule has 2 aliphatic rings. The molecule has 252 valence electrons. The van der Waals surface area contributed by atoms with Gasteiger partial charge in [0.05, 0.1) is 25.3 Å². The molecule has 0 spiro atoms. The molecule has 0 aliphatic carbocycles. The second-order valence-electron chi connectivity index (χ2n) is 10.9. The van der Waals surface area contributed by atoms with E-state index in [1.807, 2.05) is 32.8 Å². The number of carbonyl (C=O) groups excluding carboxylic acids is 4. The number of thiazole rings is 1. The maximum atomic E-state index is 13.6. The number of hydrogen-bond donors (Lipinski definition) is 2. The number of anilines is 1. The SMILES string of the molecule is CCC(CC)COC(=O)OC(C)OC(=O)C1=C(CSc2nnnn2CCN(C)C)CS[C@@H]2[C@H](NC(=O)Cc3csc(N)n3)C(=O)N12. The van der Waals surface area contributed by atoms with Crippen molar-refractivity contribution < 1.29 is 33.4 Å². The molecule has 0 radical (unpaired) electrons. The molecule has 1 unspecified atom stereocenters. The van der Waals surface area contributed by atoms with Gasteiger partial charge in [0.1, 0.15) is 17.1 Å². The minimum absolute atomic E-state index is 0.0344. The van der Waals surface area contributed by atoms with Crippen LogP contribution in [0.2, 0.25) is 0 Å². The first kappa shape index (κ1) is 35.4. The highest BCUT2D eigenvalue weighted by Crippen LogP contribution is 2.42.